The van der Waals surface area contributed by atoms with Crippen molar-refractivity contribution in [2.75, 3.05) is 32.2 Å². The van der Waals surface area contributed by atoms with Gasteiger partial charge in [0.25, 0.3) is 5.92 Å². The highest BCUT2D eigenvalue weighted by Gasteiger charge is 2.52. The van der Waals surface area contributed by atoms with Gasteiger partial charge in [-0.15, -0.1) is 14.8 Å². The van der Waals surface area contributed by atoms with E-state index in [1.807, 2.05) is 0 Å². The Balaban J connectivity index is 1.77. The van der Waals surface area contributed by atoms with Crippen molar-refractivity contribution in [2.24, 2.45) is 5.92 Å². The molecule has 31 heavy (non-hydrogen) atoms. The predicted molar refractivity (Wildman–Crippen MR) is 95.9 cm³/mol. The van der Waals surface area contributed by atoms with E-state index in [1.54, 1.807) is 0 Å². The first-order valence-electron chi connectivity index (χ1n) is 8.83. The van der Waals surface area contributed by atoms with Crippen molar-refractivity contribution in [1.82, 2.24) is 29.8 Å². The number of fused-ring (bicyclic) bond motifs is 1. The second-order valence-corrected chi connectivity index (χ2v) is 6.72. The molecule has 1 atom stereocenters. The average Bonchev–Trinajstić information content (AvgIpc) is 3.29. The van der Waals surface area contributed by atoms with Crippen LogP contribution in [-0.4, -0.2) is 69.2 Å². The van der Waals surface area contributed by atoms with Gasteiger partial charge in [-0.05, 0) is 6.07 Å². The summed E-state index contributed by atoms with van der Waals surface area (Å²) >= 11 is 0. The smallest absolute Gasteiger partial charge is 0.392 e. The van der Waals surface area contributed by atoms with Crippen LogP contribution in [0.4, 0.5) is 27.6 Å². The molecule has 0 bridgehead atoms. The summed E-state index contributed by atoms with van der Waals surface area (Å²) in [6, 6.07) is 1.44. The van der Waals surface area contributed by atoms with Crippen LogP contribution in [0.15, 0.2) is 18.6 Å². The van der Waals surface area contributed by atoms with Crippen LogP contribution < -0.4 is 14.4 Å². The predicted octanol–water partition coefficient (Wildman–Crippen LogP) is 2.44. The van der Waals surface area contributed by atoms with E-state index in [2.05, 4.69) is 25.1 Å². The highest BCUT2D eigenvalue weighted by molar-refractivity contribution is 5.76. The summed E-state index contributed by atoms with van der Waals surface area (Å²) in [5, 5.41) is 8.18. The summed E-state index contributed by atoms with van der Waals surface area (Å²) in [6.45, 7) is -1.48. The van der Waals surface area contributed by atoms with E-state index < -0.39 is 31.1 Å². The molecule has 1 radical (unpaired) electrons. The highest BCUT2D eigenvalue weighted by Crippen LogP contribution is 2.42. The van der Waals surface area contributed by atoms with E-state index in [1.165, 1.54) is 26.5 Å². The molecule has 1 aliphatic rings. The molecule has 1 fully saturated rings. The molecule has 14 heteroatoms. The number of ether oxygens (including phenoxy) is 2. The molecular weight excluding hydrogens is 429 g/mol. The lowest BCUT2D eigenvalue weighted by atomic mass is 10.0. The van der Waals surface area contributed by atoms with Crippen LogP contribution in [-0.2, 0) is 0 Å². The number of anilines is 1. The second-order valence-electron chi connectivity index (χ2n) is 6.72. The minimum atomic E-state index is -4.83. The first-order valence-corrected chi connectivity index (χ1v) is 8.83. The fourth-order valence-corrected chi connectivity index (χ4v) is 3.34. The SMILES string of the molecule is COc1ncc(-c2cc(N3CC([CH]C(F)(F)F)C(F)(F)C3)c3ncnn3n2)c(OC)n1. The summed E-state index contributed by atoms with van der Waals surface area (Å²) < 4.78 is 78.1. The molecule has 0 N–H and O–H groups in total. The van der Waals surface area contributed by atoms with Crippen molar-refractivity contribution in [2.45, 2.75) is 12.1 Å². The van der Waals surface area contributed by atoms with Gasteiger partial charge in [0, 0.05) is 12.7 Å². The molecule has 3 aromatic rings. The van der Waals surface area contributed by atoms with E-state index >= 15 is 0 Å². The van der Waals surface area contributed by atoms with Gasteiger partial charge in [-0.25, -0.2) is 18.7 Å². The van der Waals surface area contributed by atoms with Gasteiger partial charge in [-0.1, -0.05) is 0 Å². The fourth-order valence-electron chi connectivity index (χ4n) is 3.34. The first kappa shape index (κ1) is 20.9. The van der Waals surface area contributed by atoms with Crippen LogP contribution in [0.5, 0.6) is 11.9 Å². The Bertz CT molecular complexity index is 1100. The third-order valence-electron chi connectivity index (χ3n) is 4.71. The van der Waals surface area contributed by atoms with E-state index in [0.29, 0.717) is 5.56 Å². The lowest BCUT2D eigenvalue weighted by Gasteiger charge is -2.19. The van der Waals surface area contributed by atoms with Gasteiger partial charge in [0.2, 0.25) is 5.88 Å². The fraction of sp³-hybridized carbons (Fsp3) is 0.412. The molecule has 165 valence electrons. The Morgan fingerprint density at radius 1 is 1.19 bits per heavy atom. The molecule has 1 aliphatic heterocycles. The van der Waals surface area contributed by atoms with Gasteiger partial charge >= 0.3 is 12.2 Å². The van der Waals surface area contributed by atoms with Crippen LogP contribution in [0.2, 0.25) is 0 Å². The van der Waals surface area contributed by atoms with Crippen LogP contribution in [0, 0.1) is 12.3 Å². The molecule has 1 unspecified atom stereocenters. The largest absolute Gasteiger partial charge is 0.480 e. The van der Waals surface area contributed by atoms with E-state index in [0.717, 1.165) is 15.9 Å². The molecule has 0 saturated carbocycles. The Morgan fingerprint density at radius 3 is 2.65 bits per heavy atom. The van der Waals surface area contributed by atoms with E-state index in [9.17, 15) is 22.0 Å². The maximum atomic E-state index is 14.3. The van der Waals surface area contributed by atoms with Gasteiger partial charge in [0.15, 0.2) is 5.65 Å². The Morgan fingerprint density at radius 2 is 1.97 bits per heavy atom. The van der Waals surface area contributed by atoms with Crippen molar-refractivity contribution >= 4 is 11.3 Å². The Labute approximate surface area is 171 Å². The maximum absolute atomic E-state index is 14.3. The maximum Gasteiger partial charge on any atom is 0.392 e. The minimum absolute atomic E-state index is 0.0346. The van der Waals surface area contributed by atoms with Crippen molar-refractivity contribution < 1.29 is 31.4 Å². The average molecular weight is 444 g/mol. The molecular formula is C17H15F5N7O2. The van der Waals surface area contributed by atoms with Crippen LogP contribution in [0.25, 0.3) is 16.9 Å². The lowest BCUT2D eigenvalue weighted by molar-refractivity contribution is -0.120. The molecule has 4 rings (SSSR count). The quantitative estimate of drug-likeness (QED) is 0.555. The third-order valence-corrected chi connectivity index (χ3v) is 4.71. The zero-order valence-corrected chi connectivity index (χ0v) is 16.1. The van der Waals surface area contributed by atoms with Gasteiger partial charge < -0.3 is 14.4 Å². The molecule has 9 nitrogen and oxygen atoms in total. The monoisotopic (exact) mass is 444 g/mol. The summed E-state index contributed by atoms with van der Waals surface area (Å²) in [4.78, 5) is 13.2. The van der Waals surface area contributed by atoms with Crippen LogP contribution >= 0.6 is 0 Å². The standard InChI is InChI=1S/C17H15F5N7O2/c1-30-14-10(5-23-15(26-14)31-2)11-3-12(13-24-8-25-29(13)27-11)28-6-9(4-17(20,21)22)16(18,19)7-28/h3-5,8-9H,6-7H2,1-2H3. The van der Waals surface area contributed by atoms with Crippen molar-refractivity contribution in [3.8, 4) is 23.1 Å². The van der Waals surface area contributed by atoms with Crippen LogP contribution in [0.1, 0.15) is 0 Å². The molecule has 0 spiro atoms. The number of hydrogen-bond donors (Lipinski definition) is 0. The van der Waals surface area contributed by atoms with E-state index in [-0.39, 0.29) is 35.3 Å². The second kappa shape index (κ2) is 7.42. The molecule has 4 heterocycles. The van der Waals surface area contributed by atoms with Crippen LogP contribution in [0.3, 0.4) is 0 Å². The summed E-state index contributed by atoms with van der Waals surface area (Å²) in [5.41, 5.74) is 0.740. The third kappa shape index (κ3) is 4.01. The van der Waals surface area contributed by atoms with E-state index in [4.69, 9.17) is 9.47 Å². The van der Waals surface area contributed by atoms with Crippen molar-refractivity contribution in [3.63, 3.8) is 0 Å². The number of rotatable bonds is 5. The number of methoxy groups -OCH3 is 2. The molecule has 0 aliphatic carbocycles. The minimum Gasteiger partial charge on any atom is -0.480 e. The molecule has 3 aromatic heterocycles. The van der Waals surface area contributed by atoms with Gasteiger partial charge in [-0.3, -0.25) is 0 Å². The van der Waals surface area contributed by atoms with Crippen molar-refractivity contribution in [3.05, 3.63) is 25.0 Å². The first-order chi connectivity index (χ1) is 14.6. The zero-order valence-electron chi connectivity index (χ0n) is 16.1. The van der Waals surface area contributed by atoms with Gasteiger partial charge in [0.05, 0.1) is 44.4 Å². The van der Waals surface area contributed by atoms with Gasteiger partial charge in [0.1, 0.15) is 12.0 Å². The van der Waals surface area contributed by atoms with Crippen molar-refractivity contribution in [1.29, 1.82) is 0 Å². The molecule has 0 aromatic carbocycles. The normalized spacial score (nSPS) is 18.5. The summed E-state index contributed by atoms with van der Waals surface area (Å²) in [7, 11) is 2.73. The molecule has 0 amide bonds. The highest BCUT2D eigenvalue weighted by atomic mass is 19.4. The number of alkyl halides is 5. The summed E-state index contributed by atoms with van der Waals surface area (Å²) in [6.07, 6.45) is -2.59. The lowest BCUT2D eigenvalue weighted by Crippen LogP contribution is -2.31. The number of halogens is 5. The number of aromatic nitrogens is 6. The number of hydrogen-bond acceptors (Lipinski definition) is 8. The van der Waals surface area contributed by atoms with Gasteiger partial charge in [-0.2, -0.15) is 18.2 Å². The Hall–Kier alpha value is -3.32. The molecule has 1 saturated heterocycles. The topological polar surface area (TPSA) is 90.6 Å². The Kier molecular flexibility index (Phi) is 5.01. The summed E-state index contributed by atoms with van der Waals surface area (Å²) in [5.74, 6) is -5.50. The zero-order chi connectivity index (χ0) is 22.4. The number of nitrogens with zero attached hydrogens (tertiary/aromatic N) is 7.